The van der Waals surface area contributed by atoms with E-state index in [1.165, 1.54) is 0 Å². The third-order valence-corrected chi connectivity index (χ3v) is 6.86. The Labute approximate surface area is 213 Å². The first-order valence-corrected chi connectivity index (χ1v) is 12.5. The van der Waals surface area contributed by atoms with Crippen LogP contribution in [0.3, 0.4) is 0 Å². The van der Waals surface area contributed by atoms with E-state index in [9.17, 15) is 9.59 Å². The number of aromatic nitrogens is 2. The van der Waals surface area contributed by atoms with E-state index < -0.39 is 5.91 Å². The van der Waals surface area contributed by atoms with Gasteiger partial charge in [0.2, 0.25) is 5.12 Å². The average Bonchev–Trinajstić information content (AvgIpc) is 3.25. The summed E-state index contributed by atoms with van der Waals surface area (Å²) >= 11 is 0.768. The Balaban J connectivity index is 1.55. The van der Waals surface area contributed by atoms with E-state index in [0.29, 0.717) is 18.5 Å². The summed E-state index contributed by atoms with van der Waals surface area (Å²) in [4.78, 5) is 30.2. The molecular formula is C29H25N3O3S. The first-order chi connectivity index (χ1) is 17.6. The van der Waals surface area contributed by atoms with Crippen LogP contribution in [0.1, 0.15) is 39.0 Å². The van der Waals surface area contributed by atoms with Gasteiger partial charge < -0.3 is 9.30 Å². The Morgan fingerprint density at radius 2 is 1.67 bits per heavy atom. The number of methoxy groups -OCH3 is 1. The predicted octanol–water partition coefficient (Wildman–Crippen LogP) is 6.03. The smallest absolute Gasteiger partial charge is 0.280 e. The molecule has 5 rings (SSSR count). The van der Waals surface area contributed by atoms with Gasteiger partial charge in [-0.1, -0.05) is 73.7 Å². The summed E-state index contributed by atoms with van der Waals surface area (Å²) in [7, 11) is 1.68. The van der Waals surface area contributed by atoms with Crippen LogP contribution in [0.2, 0.25) is 0 Å². The number of benzene rings is 3. The van der Waals surface area contributed by atoms with Crippen LogP contribution in [0, 0.1) is 0 Å². The molecule has 0 aliphatic rings. The number of para-hydroxylation sites is 2. The van der Waals surface area contributed by atoms with Crippen LogP contribution in [0.15, 0.2) is 84.9 Å². The Bertz CT molecular complexity index is 1580. The van der Waals surface area contributed by atoms with Crippen LogP contribution < -0.4 is 9.46 Å². The average molecular weight is 496 g/mol. The number of nitrogens with one attached hydrogen (secondary N) is 1. The van der Waals surface area contributed by atoms with E-state index in [1.54, 1.807) is 31.4 Å². The zero-order chi connectivity index (χ0) is 25.1. The minimum Gasteiger partial charge on any atom is -0.496 e. The molecule has 6 nitrogen and oxygen atoms in total. The number of aryl methyl sites for hydroxylation is 1. The molecule has 2 aromatic heterocycles. The third-order valence-electron chi connectivity index (χ3n) is 6.15. The summed E-state index contributed by atoms with van der Waals surface area (Å²) in [5.74, 6) is 0.424. The number of hydrogen-bond donors (Lipinski definition) is 1. The van der Waals surface area contributed by atoms with Crippen molar-refractivity contribution < 1.29 is 14.3 Å². The standard InChI is InChI=1S/C29H25N3O3S/c1-3-23-27-22(17-24(30-23)28(33)31-36-29(34)19-11-5-4-6-12-19)21-14-8-9-15-25(21)32(27)18-20-13-7-10-16-26(20)35-2/h4-17H,3,18H2,1-2H3,(H,31,33). The number of ether oxygens (including phenoxy) is 1. The van der Waals surface area contributed by atoms with Gasteiger partial charge in [-0.15, -0.1) is 0 Å². The zero-order valence-electron chi connectivity index (χ0n) is 20.0. The number of nitrogens with zero attached hydrogens (tertiary/aromatic N) is 2. The summed E-state index contributed by atoms with van der Waals surface area (Å²) in [6.45, 7) is 2.64. The molecule has 3 aromatic carbocycles. The molecule has 0 unspecified atom stereocenters. The number of carbonyl (C=O) groups excluding carboxylic acids is 2. The third kappa shape index (κ3) is 4.45. The summed E-state index contributed by atoms with van der Waals surface area (Å²) in [6.07, 6.45) is 0.649. The van der Waals surface area contributed by atoms with Crippen molar-refractivity contribution in [2.24, 2.45) is 0 Å². The monoisotopic (exact) mass is 495 g/mol. The van der Waals surface area contributed by atoms with Gasteiger partial charge in [0.25, 0.3) is 5.91 Å². The van der Waals surface area contributed by atoms with Crippen LogP contribution >= 0.6 is 11.9 Å². The van der Waals surface area contributed by atoms with Gasteiger partial charge in [0, 0.05) is 39.4 Å². The molecule has 0 atom stereocenters. The Morgan fingerprint density at radius 3 is 2.44 bits per heavy atom. The Kier molecular flexibility index (Phi) is 6.73. The molecule has 0 fully saturated rings. The SMILES string of the molecule is CCc1nc(C(=O)NSC(=O)c2ccccc2)cc2c3ccccc3n(Cc3ccccc3OC)c12. The number of pyridine rings is 1. The highest BCUT2D eigenvalue weighted by molar-refractivity contribution is 8.12. The fraction of sp³-hybridized carbons (Fsp3) is 0.138. The van der Waals surface area contributed by atoms with E-state index in [-0.39, 0.29) is 10.8 Å². The van der Waals surface area contributed by atoms with Crippen molar-refractivity contribution in [1.82, 2.24) is 14.3 Å². The van der Waals surface area contributed by atoms with Crippen molar-refractivity contribution in [3.63, 3.8) is 0 Å². The minimum absolute atomic E-state index is 0.228. The maximum Gasteiger partial charge on any atom is 0.280 e. The van der Waals surface area contributed by atoms with E-state index in [2.05, 4.69) is 27.5 Å². The maximum atomic E-state index is 13.0. The second kappa shape index (κ2) is 10.3. The van der Waals surface area contributed by atoms with Crippen molar-refractivity contribution in [3.8, 4) is 5.75 Å². The Hall–Kier alpha value is -4.10. The Morgan fingerprint density at radius 1 is 0.944 bits per heavy atom. The van der Waals surface area contributed by atoms with Gasteiger partial charge in [-0.05, 0) is 24.6 Å². The lowest BCUT2D eigenvalue weighted by Crippen LogP contribution is -2.20. The largest absolute Gasteiger partial charge is 0.496 e. The van der Waals surface area contributed by atoms with Crippen molar-refractivity contribution in [2.45, 2.75) is 19.9 Å². The molecule has 7 heteroatoms. The highest BCUT2D eigenvalue weighted by Crippen LogP contribution is 2.33. The fourth-order valence-electron chi connectivity index (χ4n) is 4.46. The van der Waals surface area contributed by atoms with Gasteiger partial charge in [0.05, 0.1) is 24.9 Å². The van der Waals surface area contributed by atoms with Crippen LogP contribution in [-0.2, 0) is 13.0 Å². The second-order valence-electron chi connectivity index (χ2n) is 8.31. The molecule has 1 amide bonds. The lowest BCUT2D eigenvalue weighted by molar-refractivity contribution is 0.0973. The molecule has 180 valence electrons. The van der Waals surface area contributed by atoms with E-state index in [4.69, 9.17) is 9.72 Å². The number of rotatable bonds is 6. The summed E-state index contributed by atoms with van der Waals surface area (Å²) in [6, 6.07) is 26.8. The topological polar surface area (TPSA) is 73.2 Å². The molecule has 0 aliphatic carbocycles. The van der Waals surface area contributed by atoms with E-state index in [0.717, 1.165) is 50.8 Å². The molecule has 5 aromatic rings. The summed E-state index contributed by atoms with van der Waals surface area (Å²) < 4.78 is 10.5. The molecule has 0 spiro atoms. The highest BCUT2D eigenvalue weighted by Gasteiger charge is 2.20. The van der Waals surface area contributed by atoms with Gasteiger partial charge in [-0.25, -0.2) is 4.98 Å². The highest BCUT2D eigenvalue weighted by atomic mass is 32.2. The molecule has 0 bridgehead atoms. The molecule has 0 saturated heterocycles. The molecule has 1 N–H and O–H groups in total. The van der Waals surface area contributed by atoms with Crippen LogP contribution in [0.5, 0.6) is 5.75 Å². The summed E-state index contributed by atoms with van der Waals surface area (Å²) in [5, 5.41) is 1.77. The molecule has 0 aliphatic heterocycles. The van der Waals surface area contributed by atoms with Crippen LogP contribution in [0.25, 0.3) is 21.8 Å². The molecule has 36 heavy (non-hydrogen) atoms. The predicted molar refractivity (Wildman–Crippen MR) is 145 cm³/mol. The molecular weight excluding hydrogens is 470 g/mol. The lowest BCUT2D eigenvalue weighted by atomic mass is 10.1. The van der Waals surface area contributed by atoms with Gasteiger partial charge >= 0.3 is 0 Å². The number of hydrogen-bond acceptors (Lipinski definition) is 5. The fourth-order valence-corrected chi connectivity index (χ4v) is 5.01. The lowest BCUT2D eigenvalue weighted by Gasteiger charge is -2.13. The molecule has 0 saturated carbocycles. The molecule has 0 radical (unpaired) electrons. The van der Waals surface area contributed by atoms with Gasteiger partial charge in [-0.3, -0.25) is 14.3 Å². The van der Waals surface area contributed by atoms with E-state index >= 15 is 0 Å². The quantitative estimate of drug-likeness (QED) is 0.291. The van der Waals surface area contributed by atoms with Crippen LogP contribution in [-0.4, -0.2) is 27.7 Å². The number of amides is 1. The van der Waals surface area contributed by atoms with Crippen molar-refractivity contribution in [2.75, 3.05) is 7.11 Å². The summed E-state index contributed by atoms with van der Waals surface area (Å²) in [5.41, 5.74) is 4.74. The molecule has 2 heterocycles. The van der Waals surface area contributed by atoms with Crippen molar-refractivity contribution in [1.29, 1.82) is 0 Å². The second-order valence-corrected chi connectivity index (χ2v) is 9.08. The van der Waals surface area contributed by atoms with Crippen molar-refractivity contribution >= 4 is 44.8 Å². The van der Waals surface area contributed by atoms with E-state index in [1.807, 2.05) is 49.4 Å². The minimum atomic E-state index is -0.401. The number of carbonyl (C=O) groups is 2. The number of fused-ring (bicyclic) bond motifs is 3. The first kappa shape index (κ1) is 23.6. The van der Waals surface area contributed by atoms with Gasteiger partial charge in [0.1, 0.15) is 11.4 Å². The zero-order valence-corrected chi connectivity index (χ0v) is 20.8. The van der Waals surface area contributed by atoms with Crippen LogP contribution in [0.4, 0.5) is 0 Å². The first-order valence-electron chi connectivity index (χ1n) is 11.7. The normalized spacial score (nSPS) is 11.1. The van der Waals surface area contributed by atoms with Gasteiger partial charge in [0.15, 0.2) is 0 Å². The maximum absolute atomic E-state index is 13.0. The van der Waals surface area contributed by atoms with Crippen molar-refractivity contribution in [3.05, 3.63) is 107 Å². The van der Waals surface area contributed by atoms with Gasteiger partial charge in [-0.2, -0.15) is 0 Å².